The lowest BCUT2D eigenvalue weighted by atomic mass is 10.0. The van der Waals surface area contributed by atoms with E-state index in [0.717, 1.165) is 61.8 Å². The maximum atomic E-state index is 12.5. The van der Waals surface area contributed by atoms with E-state index in [1.54, 1.807) is 0 Å². The van der Waals surface area contributed by atoms with Gasteiger partial charge in [0.25, 0.3) is 0 Å². The van der Waals surface area contributed by atoms with Crippen LogP contribution in [0.2, 0.25) is 0 Å². The summed E-state index contributed by atoms with van der Waals surface area (Å²) in [5.41, 5.74) is 4.00. The first-order chi connectivity index (χ1) is 12.5. The van der Waals surface area contributed by atoms with E-state index in [4.69, 9.17) is 4.74 Å². The first-order valence-electron chi connectivity index (χ1n) is 9.48. The highest BCUT2D eigenvalue weighted by Crippen LogP contribution is 2.36. The molecule has 144 valence electrons. The molecule has 0 aromatic rings. The van der Waals surface area contributed by atoms with E-state index in [9.17, 15) is 13.2 Å². The van der Waals surface area contributed by atoms with Gasteiger partial charge in [-0.15, -0.1) is 0 Å². The average molecular weight is 381 g/mol. The monoisotopic (exact) mass is 380 g/mol. The van der Waals surface area contributed by atoms with Crippen molar-refractivity contribution in [1.82, 2.24) is 10.0 Å². The Hall–Kier alpha value is -1.60. The van der Waals surface area contributed by atoms with Crippen molar-refractivity contribution >= 4 is 16.1 Å². The van der Waals surface area contributed by atoms with Gasteiger partial charge in [0.15, 0.2) is 0 Å². The summed E-state index contributed by atoms with van der Waals surface area (Å²) in [6.45, 7) is 4.97. The van der Waals surface area contributed by atoms with Crippen LogP contribution >= 0.6 is 0 Å². The highest BCUT2D eigenvalue weighted by Gasteiger charge is 2.30. The summed E-state index contributed by atoms with van der Waals surface area (Å²) in [5, 5.41) is 2.23. The summed E-state index contributed by atoms with van der Waals surface area (Å²) in [6.07, 6.45) is 10.0. The molecule has 2 N–H and O–H groups in total. The fourth-order valence-corrected chi connectivity index (χ4v) is 5.17. The second-order valence-electron chi connectivity index (χ2n) is 7.20. The molecular weight excluding hydrogens is 352 g/mol. The van der Waals surface area contributed by atoms with Crippen molar-refractivity contribution in [1.29, 1.82) is 0 Å². The largest absolute Gasteiger partial charge is 0.381 e. The number of nitrogens with one attached hydrogen (secondary N) is 2. The van der Waals surface area contributed by atoms with Crippen LogP contribution in [-0.4, -0.2) is 32.9 Å². The van der Waals surface area contributed by atoms with Crippen LogP contribution in [0.15, 0.2) is 35.1 Å². The minimum absolute atomic E-state index is 0.410. The Kier molecular flexibility index (Phi) is 6.19. The Morgan fingerprint density at radius 1 is 1.12 bits per heavy atom. The van der Waals surface area contributed by atoms with Crippen molar-refractivity contribution in [2.24, 2.45) is 0 Å². The first-order valence-corrected chi connectivity index (χ1v) is 11.0. The highest BCUT2D eigenvalue weighted by atomic mass is 32.2. The Labute approximate surface area is 155 Å². The number of urea groups is 1. The average Bonchev–Trinajstić information content (AvgIpc) is 3.08. The molecule has 1 saturated carbocycles. The molecule has 0 bridgehead atoms. The van der Waals surface area contributed by atoms with Crippen molar-refractivity contribution in [2.45, 2.75) is 63.0 Å². The topological polar surface area (TPSA) is 84.5 Å². The third kappa shape index (κ3) is 4.57. The SMILES string of the molecule is C=C1CCCC/C=C2/CCCC2=C1NC(=O)NS(=O)(=O)C1CCOCC1. The maximum Gasteiger partial charge on any atom is 0.332 e. The smallest absolute Gasteiger partial charge is 0.332 e. The highest BCUT2D eigenvalue weighted by molar-refractivity contribution is 7.90. The van der Waals surface area contributed by atoms with Gasteiger partial charge in [-0.05, 0) is 74.5 Å². The van der Waals surface area contributed by atoms with Crippen LogP contribution in [0.5, 0.6) is 0 Å². The van der Waals surface area contributed by atoms with Crippen LogP contribution in [0.25, 0.3) is 0 Å². The summed E-state index contributed by atoms with van der Waals surface area (Å²) >= 11 is 0. The van der Waals surface area contributed by atoms with Gasteiger partial charge in [0, 0.05) is 18.9 Å². The van der Waals surface area contributed by atoms with Crippen LogP contribution in [0.3, 0.4) is 0 Å². The van der Waals surface area contributed by atoms with E-state index >= 15 is 0 Å². The molecule has 3 rings (SSSR count). The Morgan fingerprint density at radius 2 is 1.88 bits per heavy atom. The molecule has 0 atom stereocenters. The van der Waals surface area contributed by atoms with Gasteiger partial charge in [-0.3, -0.25) is 0 Å². The van der Waals surface area contributed by atoms with Gasteiger partial charge < -0.3 is 10.1 Å². The molecule has 7 heteroatoms. The van der Waals surface area contributed by atoms with Crippen molar-refractivity contribution in [2.75, 3.05) is 13.2 Å². The van der Waals surface area contributed by atoms with Crippen LogP contribution < -0.4 is 10.0 Å². The molecule has 1 heterocycles. The first kappa shape index (κ1) is 19.2. The van der Waals surface area contributed by atoms with Gasteiger partial charge in [0.05, 0.1) is 5.25 Å². The number of fused-ring (bicyclic) bond motifs is 1. The summed E-state index contributed by atoms with van der Waals surface area (Å²) in [5.74, 6) is 0. The zero-order chi connectivity index (χ0) is 18.6. The number of sulfonamides is 1. The summed E-state index contributed by atoms with van der Waals surface area (Å²) < 4.78 is 32.3. The Balaban J connectivity index is 1.75. The zero-order valence-electron chi connectivity index (χ0n) is 15.2. The minimum atomic E-state index is -3.71. The minimum Gasteiger partial charge on any atom is -0.381 e. The lowest BCUT2D eigenvalue weighted by Gasteiger charge is -2.23. The third-order valence-electron chi connectivity index (χ3n) is 5.32. The van der Waals surface area contributed by atoms with Gasteiger partial charge in [-0.1, -0.05) is 12.7 Å². The van der Waals surface area contributed by atoms with Gasteiger partial charge in [0.1, 0.15) is 0 Å². The van der Waals surface area contributed by atoms with Crippen molar-refractivity contribution in [3.63, 3.8) is 0 Å². The Bertz CT molecular complexity index is 731. The molecule has 0 spiro atoms. The summed E-state index contributed by atoms with van der Waals surface area (Å²) in [4.78, 5) is 12.5. The van der Waals surface area contributed by atoms with Gasteiger partial charge >= 0.3 is 6.03 Å². The molecular formula is C19H28N2O4S. The van der Waals surface area contributed by atoms with Gasteiger partial charge in [0.2, 0.25) is 10.0 Å². The van der Waals surface area contributed by atoms with Crippen LogP contribution in [0, 0.1) is 0 Å². The molecule has 3 aliphatic rings. The molecule has 2 amide bonds. The number of rotatable bonds is 3. The molecule has 26 heavy (non-hydrogen) atoms. The van der Waals surface area contributed by atoms with E-state index in [1.807, 2.05) is 0 Å². The second-order valence-corrected chi connectivity index (χ2v) is 9.16. The van der Waals surface area contributed by atoms with Crippen LogP contribution in [0.4, 0.5) is 4.79 Å². The number of allylic oxidation sites excluding steroid dienone is 4. The normalized spacial score (nSPS) is 24.8. The molecule has 6 nitrogen and oxygen atoms in total. The molecule has 0 radical (unpaired) electrons. The van der Waals surface area contributed by atoms with E-state index in [0.29, 0.717) is 26.1 Å². The maximum absolute atomic E-state index is 12.5. The Morgan fingerprint density at radius 3 is 2.65 bits per heavy atom. The van der Waals surface area contributed by atoms with E-state index in [1.165, 1.54) is 5.57 Å². The fraction of sp³-hybridized carbons (Fsp3) is 0.632. The standard InChI is InChI=1S/C19H28N2O4S/c1-14-6-3-2-4-7-15-8-5-9-17(15)18(14)20-19(22)21-26(23,24)16-10-12-25-13-11-16/h7,16H,1-6,8-13H2,(H2,20,21,22)/b15-7-,18-17?. The summed E-state index contributed by atoms with van der Waals surface area (Å²) in [7, 11) is -3.71. The zero-order valence-corrected chi connectivity index (χ0v) is 16.0. The van der Waals surface area contributed by atoms with Crippen molar-refractivity contribution < 1.29 is 17.9 Å². The number of carbonyl (C=O) groups is 1. The quantitative estimate of drug-likeness (QED) is 0.787. The fourth-order valence-electron chi connectivity index (χ4n) is 3.88. The lowest BCUT2D eigenvalue weighted by Crippen LogP contribution is -2.45. The predicted molar refractivity (Wildman–Crippen MR) is 101 cm³/mol. The van der Waals surface area contributed by atoms with E-state index < -0.39 is 21.3 Å². The second kappa shape index (κ2) is 8.39. The molecule has 1 saturated heterocycles. The number of amides is 2. The van der Waals surface area contributed by atoms with E-state index in [-0.39, 0.29) is 0 Å². The van der Waals surface area contributed by atoms with Crippen molar-refractivity contribution in [3.8, 4) is 0 Å². The van der Waals surface area contributed by atoms with E-state index in [2.05, 4.69) is 22.7 Å². The summed E-state index contributed by atoms with van der Waals surface area (Å²) in [6, 6.07) is -0.689. The number of carbonyl (C=O) groups excluding carboxylic acids is 1. The molecule has 1 aliphatic heterocycles. The van der Waals surface area contributed by atoms with Gasteiger partial charge in [-0.25, -0.2) is 17.9 Å². The number of hydrogen-bond donors (Lipinski definition) is 2. The van der Waals surface area contributed by atoms with Crippen LogP contribution in [0.1, 0.15) is 57.8 Å². The molecule has 2 aliphatic carbocycles. The van der Waals surface area contributed by atoms with Crippen LogP contribution in [-0.2, 0) is 14.8 Å². The van der Waals surface area contributed by atoms with Crippen molar-refractivity contribution in [3.05, 3.63) is 35.1 Å². The molecule has 0 aromatic heterocycles. The molecule has 0 unspecified atom stereocenters. The predicted octanol–water partition coefficient (Wildman–Crippen LogP) is 3.29. The molecule has 0 aromatic carbocycles. The number of hydrogen-bond acceptors (Lipinski definition) is 4. The lowest BCUT2D eigenvalue weighted by molar-refractivity contribution is 0.0982. The third-order valence-corrected chi connectivity index (χ3v) is 7.14. The molecule has 2 fully saturated rings. The number of ether oxygens (including phenoxy) is 1. The van der Waals surface area contributed by atoms with Gasteiger partial charge in [-0.2, -0.15) is 0 Å².